The van der Waals surface area contributed by atoms with Gasteiger partial charge in [-0.15, -0.1) is 0 Å². The molecule has 0 saturated carbocycles. The van der Waals surface area contributed by atoms with Crippen molar-refractivity contribution in [3.63, 3.8) is 0 Å². The highest BCUT2D eigenvalue weighted by atomic mass is 15.2. The number of hydrogen-bond acceptors (Lipinski definition) is 2. The summed E-state index contributed by atoms with van der Waals surface area (Å²) in [6, 6.07) is 77.8. The maximum Gasteiger partial charge on any atom is 0.0618 e. The number of benzene rings is 10. The molecule has 1 heterocycles. The highest BCUT2D eigenvalue weighted by Crippen LogP contribution is 2.58. The molecule has 2 heteroatoms. The summed E-state index contributed by atoms with van der Waals surface area (Å²) in [5, 5.41) is 4.91. The van der Waals surface area contributed by atoms with E-state index in [1.54, 1.807) is 0 Å². The Labute approximate surface area is 394 Å². The van der Waals surface area contributed by atoms with Gasteiger partial charge in [0, 0.05) is 44.3 Å². The molecule has 2 aliphatic carbocycles. The number of anilines is 6. The van der Waals surface area contributed by atoms with Gasteiger partial charge in [0.1, 0.15) is 0 Å². The molecule has 13 rings (SSSR count). The Kier molecular flexibility index (Phi) is 8.38. The molecule has 10 aromatic rings. The minimum Gasteiger partial charge on any atom is -0.310 e. The first-order valence-corrected chi connectivity index (χ1v) is 23.8. The van der Waals surface area contributed by atoms with Gasteiger partial charge in [-0.1, -0.05) is 199 Å². The average Bonchev–Trinajstić information content (AvgIpc) is 3.73. The van der Waals surface area contributed by atoms with Gasteiger partial charge in [0.05, 0.1) is 17.1 Å². The van der Waals surface area contributed by atoms with Crippen LogP contribution in [-0.4, -0.2) is 0 Å². The highest BCUT2D eigenvalue weighted by Gasteiger charge is 2.41. The van der Waals surface area contributed by atoms with Crippen molar-refractivity contribution in [1.29, 1.82) is 0 Å². The molecule has 0 amide bonds. The molecule has 0 spiro atoms. The molecule has 0 saturated heterocycles. The zero-order valence-electron chi connectivity index (χ0n) is 39.0. The van der Waals surface area contributed by atoms with Crippen LogP contribution in [0.3, 0.4) is 0 Å². The minimum atomic E-state index is -0.272. The molecule has 0 aromatic heterocycles. The third kappa shape index (κ3) is 5.69. The number of hydrogen-bond donors (Lipinski definition) is 0. The second-order valence-electron chi connectivity index (χ2n) is 20.6. The van der Waals surface area contributed by atoms with Crippen LogP contribution in [-0.2, 0) is 16.2 Å². The van der Waals surface area contributed by atoms with E-state index in [-0.39, 0.29) is 16.2 Å². The van der Waals surface area contributed by atoms with Gasteiger partial charge < -0.3 is 9.80 Å². The van der Waals surface area contributed by atoms with E-state index in [0.717, 1.165) is 17.1 Å². The van der Waals surface area contributed by atoms with Crippen molar-refractivity contribution < 1.29 is 0 Å². The van der Waals surface area contributed by atoms with Crippen LogP contribution in [0.5, 0.6) is 0 Å². The van der Waals surface area contributed by atoms with Crippen molar-refractivity contribution in [3.8, 4) is 33.4 Å². The van der Waals surface area contributed by atoms with Crippen molar-refractivity contribution in [3.05, 3.63) is 240 Å². The van der Waals surface area contributed by atoms with Crippen LogP contribution < -0.4 is 9.80 Å². The second-order valence-corrected chi connectivity index (χ2v) is 20.6. The Morgan fingerprint density at radius 3 is 1.45 bits per heavy atom. The Morgan fingerprint density at radius 1 is 0.313 bits per heavy atom. The number of nitrogens with zero attached hydrogens (tertiary/aromatic N) is 2. The van der Waals surface area contributed by atoms with Crippen molar-refractivity contribution in [1.82, 2.24) is 0 Å². The number of rotatable bonds is 5. The van der Waals surface area contributed by atoms with E-state index in [1.165, 1.54) is 105 Å². The number of fused-ring (bicyclic) bond motifs is 10. The smallest absolute Gasteiger partial charge is 0.0618 e. The maximum atomic E-state index is 2.59. The highest BCUT2D eigenvalue weighted by molar-refractivity contribution is 6.08. The molecule has 0 N–H and O–H groups in total. The maximum absolute atomic E-state index is 2.59. The van der Waals surface area contributed by atoms with Gasteiger partial charge >= 0.3 is 0 Å². The molecule has 0 atom stereocenters. The van der Waals surface area contributed by atoms with Gasteiger partial charge in [-0.3, -0.25) is 0 Å². The van der Waals surface area contributed by atoms with Crippen LogP contribution in [0.4, 0.5) is 34.1 Å². The SMILES string of the molecule is CC1(C)c2ccccc2-c2ccc(N(c3ccc4c(c3)N(c3c(-c5ccc6ccccc6c5)ccc5ccccc35)c3ccccc3C4(C)C)c3ccc4c(c3)C(C)(C)c3ccccc3-4)cc21. The fourth-order valence-electron chi connectivity index (χ4n) is 12.3. The molecule has 0 radical (unpaired) electrons. The summed E-state index contributed by atoms with van der Waals surface area (Å²) in [4.78, 5) is 5.12. The summed E-state index contributed by atoms with van der Waals surface area (Å²) in [7, 11) is 0. The summed E-state index contributed by atoms with van der Waals surface area (Å²) < 4.78 is 0. The molecule has 0 bridgehead atoms. The predicted octanol–water partition coefficient (Wildman–Crippen LogP) is 17.9. The zero-order valence-corrected chi connectivity index (χ0v) is 39.0. The largest absolute Gasteiger partial charge is 0.310 e. The molecule has 67 heavy (non-hydrogen) atoms. The van der Waals surface area contributed by atoms with Crippen LogP contribution in [0.2, 0.25) is 0 Å². The van der Waals surface area contributed by atoms with Gasteiger partial charge in [-0.25, -0.2) is 0 Å². The zero-order chi connectivity index (χ0) is 45.4. The molecular formula is C65H52N2. The van der Waals surface area contributed by atoms with E-state index in [4.69, 9.17) is 0 Å². The first-order chi connectivity index (χ1) is 32.5. The average molecular weight is 861 g/mol. The van der Waals surface area contributed by atoms with E-state index >= 15 is 0 Å². The quantitative estimate of drug-likeness (QED) is 0.170. The fourth-order valence-corrected chi connectivity index (χ4v) is 12.3. The molecule has 3 aliphatic rings. The van der Waals surface area contributed by atoms with Crippen LogP contribution in [0, 0.1) is 0 Å². The normalized spacial score (nSPS) is 15.3. The van der Waals surface area contributed by atoms with Crippen molar-refractivity contribution >= 4 is 55.7 Å². The van der Waals surface area contributed by atoms with Gasteiger partial charge in [0.25, 0.3) is 0 Å². The lowest BCUT2D eigenvalue weighted by Crippen LogP contribution is -2.31. The van der Waals surface area contributed by atoms with Crippen molar-refractivity contribution in [2.24, 2.45) is 0 Å². The monoisotopic (exact) mass is 860 g/mol. The van der Waals surface area contributed by atoms with Gasteiger partial charge in [-0.2, -0.15) is 0 Å². The fraction of sp³-hybridized carbons (Fsp3) is 0.138. The first kappa shape index (κ1) is 39.7. The summed E-state index contributed by atoms with van der Waals surface area (Å²) in [5.74, 6) is 0. The van der Waals surface area contributed by atoms with E-state index in [0.29, 0.717) is 0 Å². The molecular weight excluding hydrogens is 809 g/mol. The Hall–Kier alpha value is -7.68. The first-order valence-electron chi connectivity index (χ1n) is 23.8. The van der Waals surface area contributed by atoms with Crippen molar-refractivity contribution in [2.75, 3.05) is 9.80 Å². The molecule has 0 fully saturated rings. The molecule has 0 unspecified atom stereocenters. The Bertz CT molecular complexity index is 3590. The number of para-hydroxylation sites is 1. The lowest BCUT2D eigenvalue weighted by atomic mass is 9.73. The third-order valence-corrected chi connectivity index (χ3v) is 15.8. The van der Waals surface area contributed by atoms with Gasteiger partial charge in [0.2, 0.25) is 0 Å². The lowest BCUT2D eigenvalue weighted by molar-refractivity contribution is 0.632. The standard InChI is InChI=1S/C65H52N2/c1-63(2)54-23-13-11-21-50(54)52-34-30-45(38-58(52)63)66(46-31-35-53-51-22-12-14-24-55(51)64(3,4)59(53)39-46)47-32-36-57-61(40-47)67(60-26-16-15-25-56(60)65(57,5)6)62-48-20-10-9-18-42(48)29-33-49(62)44-28-27-41-17-7-8-19-43(41)37-44/h7-40H,1-6H3. The van der Waals surface area contributed by atoms with Crippen LogP contribution in [0.15, 0.2) is 206 Å². The Balaban J connectivity index is 1.07. The summed E-state index contributed by atoms with van der Waals surface area (Å²) in [6.07, 6.45) is 0. The van der Waals surface area contributed by atoms with E-state index < -0.39 is 0 Å². The van der Waals surface area contributed by atoms with Gasteiger partial charge in [0.15, 0.2) is 0 Å². The summed E-state index contributed by atoms with van der Waals surface area (Å²) in [6.45, 7) is 14.3. The topological polar surface area (TPSA) is 6.48 Å². The summed E-state index contributed by atoms with van der Waals surface area (Å²) >= 11 is 0. The Morgan fingerprint density at radius 2 is 0.776 bits per heavy atom. The van der Waals surface area contributed by atoms with E-state index in [1.807, 2.05) is 0 Å². The van der Waals surface area contributed by atoms with Gasteiger partial charge in [-0.05, 0) is 126 Å². The summed E-state index contributed by atoms with van der Waals surface area (Å²) in [5.41, 5.74) is 22.2. The molecule has 1 aliphatic heterocycles. The van der Waals surface area contributed by atoms with E-state index in [2.05, 4.69) is 258 Å². The predicted molar refractivity (Wildman–Crippen MR) is 284 cm³/mol. The second kappa shape index (κ2) is 14.2. The van der Waals surface area contributed by atoms with Crippen molar-refractivity contribution in [2.45, 2.75) is 57.8 Å². The third-order valence-electron chi connectivity index (χ3n) is 15.8. The van der Waals surface area contributed by atoms with E-state index in [9.17, 15) is 0 Å². The van der Waals surface area contributed by atoms with Crippen LogP contribution in [0.25, 0.3) is 54.9 Å². The lowest BCUT2D eigenvalue weighted by Gasteiger charge is -2.43. The molecule has 322 valence electrons. The minimum absolute atomic E-state index is 0.150. The van der Waals surface area contributed by atoms with Crippen LogP contribution >= 0.6 is 0 Å². The molecule has 2 nitrogen and oxygen atoms in total. The molecule has 10 aromatic carbocycles. The van der Waals surface area contributed by atoms with Crippen LogP contribution in [0.1, 0.15) is 74.9 Å².